The van der Waals surface area contributed by atoms with Crippen LogP contribution in [0.2, 0.25) is 0 Å². The highest BCUT2D eigenvalue weighted by molar-refractivity contribution is 7.80. The summed E-state index contributed by atoms with van der Waals surface area (Å²) < 4.78 is 0. The molecular formula is C13H20N4S. The fourth-order valence-corrected chi connectivity index (χ4v) is 2.68. The van der Waals surface area contributed by atoms with E-state index in [0.717, 1.165) is 30.4 Å². The molecule has 1 aromatic rings. The van der Waals surface area contributed by atoms with Crippen LogP contribution >= 0.6 is 12.2 Å². The first-order chi connectivity index (χ1) is 8.72. The van der Waals surface area contributed by atoms with E-state index >= 15 is 0 Å². The SMILES string of the molecule is CCC1CCCN(c2ncncc2C(N)=S)CC1. The molecule has 0 saturated carbocycles. The third kappa shape index (κ3) is 2.96. The van der Waals surface area contributed by atoms with E-state index in [2.05, 4.69) is 21.8 Å². The highest BCUT2D eigenvalue weighted by Crippen LogP contribution is 2.24. The van der Waals surface area contributed by atoms with Crippen molar-refractivity contribution in [1.82, 2.24) is 9.97 Å². The lowest BCUT2D eigenvalue weighted by Crippen LogP contribution is -2.28. The van der Waals surface area contributed by atoms with Crippen molar-refractivity contribution in [3.8, 4) is 0 Å². The van der Waals surface area contributed by atoms with Crippen LogP contribution in [-0.4, -0.2) is 28.0 Å². The third-order valence-corrected chi connectivity index (χ3v) is 3.90. The molecular weight excluding hydrogens is 244 g/mol. The monoisotopic (exact) mass is 264 g/mol. The van der Waals surface area contributed by atoms with E-state index in [1.54, 1.807) is 12.5 Å². The van der Waals surface area contributed by atoms with E-state index in [9.17, 15) is 0 Å². The number of thiocarbonyl (C=S) groups is 1. The average molecular weight is 264 g/mol. The second-order valence-corrected chi connectivity index (χ2v) is 5.26. The van der Waals surface area contributed by atoms with Gasteiger partial charge in [0.15, 0.2) is 0 Å². The van der Waals surface area contributed by atoms with Gasteiger partial charge in [0, 0.05) is 19.3 Å². The molecule has 0 radical (unpaired) electrons. The van der Waals surface area contributed by atoms with Crippen molar-refractivity contribution in [2.75, 3.05) is 18.0 Å². The molecule has 2 heterocycles. The predicted octanol–water partition coefficient (Wildman–Crippen LogP) is 2.13. The van der Waals surface area contributed by atoms with E-state index in [1.807, 2.05) is 0 Å². The third-order valence-electron chi connectivity index (χ3n) is 3.68. The van der Waals surface area contributed by atoms with Crippen LogP contribution in [-0.2, 0) is 0 Å². The van der Waals surface area contributed by atoms with Crippen molar-refractivity contribution < 1.29 is 0 Å². The molecule has 98 valence electrons. The normalized spacial score (nSPS) is 20.5. The smallest absolute Gasteiger partial charge is 0.142 e. The molecule has 2 N–H and O–H groups in total. The summed E-state index contributed by atoms with van der Waals surface area (Å²) in [6.07, 6.45) is 8.28. The molecule has 5 heteroatoms. The van der Waals surface area contributed by atoms with Gasteiger partial charge >= 0.3 is 0 Å². The Balaban J connectivity index is 2.18. The highest BCUT2D eigenvalue weighted by Gasteiger charge is 2.19. The molecule has 18 heavy (non-hydrogen) atoms. The van der Waals surface area contributed by atoms with Gasteiger partial charge in [0.05, 0.1) is 5.56 Å². The van der Waals surface area contributed by atoms with E-state index in [4.69, 9.17) is 18.0 Å². The van der Waals surface area contributed by atoms with Crippen molar-refractivity contribution in [3.05, 3.63) is 18.1 Å². The molecule has 0 aliphatic carbocycles. The number of rotatable bonds is 3. The molecule has 2 rings (SSSR count). The summed E-state index contributed by atoms with van der Waals surface area (Å²) in [6.45, 7) is 4.33. The molecule has 1 aliphatic rings. The summed E-state index contributed by atoms with van der Waals surface area (Å²) in [7, 11) is 0. The van der Waals surface area contributed by atoms with Gasteiger partial charge in [-0.1, -0.05) is 25.6 Å². The van der Waals surface area contributed by atoms with Gasteiger partial charge in [-0.05, 0) is 25.2 Å². The zero-order valence-electron chi connectivity index (χ0n) is 10.8. The molecule has 1 aromatic heterocycles. The first kappa shape index (κ1) is 13.2. The van der Waals surface area contributed by atoms with Gasteiger partial charge < -0.3 is 10.6 Å². The Morgan fingerprint density at radius 2 is 2.33 bits per heavy atom. The minimum atomic E-state index is 0.377. The maximum Gasteiger partial charge on any atom is 0.142 e. The second kappa shape index (κ2) is 6.09. The summed E-state index contributed by atoms with van der Waals surface area (Å²) in [6, 6.07) is 0. The van der Waals surface area contributed by atoms with Crippen LogP contribution in [0.3, 0.4) is 0 Å². The Morgan fingerprint density at radius 3 is 3.06 bits per heavy atom. The van der Waals surface area contributed by atoms with Gasteiger partial charge in [-0.3, -0.25) is 0 Å². The van der Waals surface area contributed by atoms with Gasteiger partial charge in [-0.2, -0.15) is 0 Å². The molecule has 1 fully saturated rings. The largest absolute Gasteiger partial charge is 0.389 e. The lowest BCUT2D eigenvalue weighted by molar-refractivity contribution is 0.459. The number of aromatic nitrogens is 2. The number of anilines is 1. The molecule has 1 aliphatic heterocycles. The summed E-state index contributed by atoms with van der Waals surface area (Å²) in [5.74, 6) is 1.74. The van der Waals surface area contributed by atoms with E-state index in [-0.39, 0.29) is 0 Å². The van der Waals surface area contributed by atoms with Crippen LogP contribution in [0, 0.1) is 5.92 Å². The van der Waals surface area contributed by atoms with Gasteiger partial charge in [-0.25, -0.2) is 9.97 Å². The zero-order chi connectivity index (χ0) is 13.0. The van der Waals surface area contributed by atoms with Gasteiger partial charge in [0.2, 0.25) is 0 Å². The van der Waals surface area contributed by atoms with Crippen LogP contribution in [0.4, 0.5) is 5.82 Å². The molecule has 1 saturated heterocycles. The van der Waals surface area contributed by atoms with Crippen LogP contribution in [0.15, 0.2) is 12.5 Å². The molecule has 4 nitrogen and oxygen atoms in total. The standard InChI is InChI=1S/C13H20N4S/c1-2-10-4-3-6-17(7-5-10)13-11(12(14)18)8-15-9-16-13/h8-10H,2-7H2,1H3,(H2,14,18). The Bertz CT molecular complexity index is 421. The molecule has 0 spiro atoms. The fourth-order valence-electron chi connectivity index (χ4n) is 2.53. The summed E-state index contributed by atoms with van der Waals surface area (Å²) in [5, 5.41) is 0. The molecule has 0 amide bonds. The van der Waals surface area contributed by atoms with Gasteiger partial charge in [-0.15, -0.1) is 0 Å². The number of hydrogen-bond donors (Lipinski definition) is 1. The van der Waals surface area contributed by atoms with Gasteiger partial charge in [0.25, 0.3) is 0 Å². The lowest BCUT2D eigenvalue weighted by atomic mass is 9.98. The average Bonchev–Trinajstić information content (AvgIpc) is 2.63. The van der Waals surface area contributed by atoms with Crippen LogP contribution < -0.4 is 10.6 Å². The van der Waals surface area contributed by atoms with Crippen LogP contribution in [0.1, 0.15) is 38.2 Å². The van der Waals surface area contributed by atoms with E-state index in [1.165, 1.54) is 25.7 Å². The molecule has 0 bridgehead atoms. The van der Waals surface area contributed by atoms with E-state index < -0.39 is 0 Å². The number of nitrogens with zero attached hydrogens (tertiary/aromatic N) is 3. The number of hydrogen-bond acceptors (Lipinski definition) is 4. The van der Waals surface area contributed by atoms with Crippen LogP contribution in [0.5, 0.6) is 0 Å². The van der Waals surface area contributed by atoms with Crippen molar-refractivity contribution in [1.29, 1.82) is 0 Å². The predicted molar refractivity (Wildman–Crippen MR) is 77.8 cm³/mol. The second-order valence-electron chi connectivity index (χ2n) is 4.82. The Labute approximate surface area is 114 Å². The maximum absolute atomic E-state index is 5.74. The van der Waals surface area contributed by atoms with Crippen molar-refractivity contribution in [2.45, 2.75) is 32.6 Å². The van der Waals surface area contributed by atoms with Crippen molar-refractivity contribution >= 4 is 23.0 Å². The lowest BCUT2D eigenvalue weighted by Gasteiger charge is -2.23. The Hall–Kier alpha value is -1.23. The highest BCUT2D eigenvalue weighted by atomic mass is 32.1. The molecule has 0 aromatic carbocycles. The summed E-state index contributed by atoms with van der Waals surface area (Å²) >= 11 is 5.07. The molecule has 1 unspecified atom stereocenters. The first-order valence-electron chi connectivity index (χ1n) is 6.57. The fraction of sp³-hybridized carbons (Fsp3) is 0.615. The Kier molecular flexibility index (Phi) is 4.47. The van der Waals surface area contributed by atoms with E-state index in [0.29, 0.717) is 4.99 Å². The van der Waals surface area contributed by atoms with Crippen molar-refractivity contribution in [3.63, 3.8) is 0 Å². The topological polar surface area (TPSA) is 55.0 Å². The van der Waals surface area contributed by atoms with Crippen molar-refractivity contribution in [2.24, 2.45) is 11.7 Å². The Morgan fingerprint density at radius 1 is 1.50 bits per heavy atom. The number of nitrogens with two attached hydrogens (primary N) is 1. The maximum atomic E-state index is 5.74. The summed E-state index contributed by atoms with van der Waals surface area (Å²) in [5.41, 5.74) is 6.53. The minimum absolute atomic E-state index is 0.377. The van der Waals surface area contributed by atoms with Gasteiger partial charge in [0.1, 0.15) is 17.1 Å². The first-order valence-corrected chi connectivity index (χ1v) is 6.98. The summed E-state index contributed by atoms with van der Waals surface area (Å²) in [4.78, 5) is 11.0. The molecule has 1 atom stereocenters. The zero-order valence-corrected chi connectivity index (χ0v) is 11.6. The minimum Gasteiger partial charge on any atom is -0.389 e. The van der Waals surface area contributed by atoms with Crippen LogP contribution in [0.25, 0.3) is 0 Å². The quantitative estimate of drug-likeness (QED) is 0.848.